The minimum absolute atomic E-state index is 0.0783. The second-order valence-corrected chi connectivity index (χ2v) is 9.29. The van der Waals surface area contributed by atoms with Crippen LogP contribution in [0.1, 0.15) is 53.6 Å². The Kier molecular flexibility index (Phi) is 4.92. The van der Waals surface area contributed by atoms with Crippen molar-refractivity contribution >= 4 is 11.7 Å². The Morgan fingerprint density at radius 2 is 1.90 bits per heavy atom. The van der Waals surface area contributed by atoms with E-state index in [1.165, 1.54) is 23.3 Å². The predicted octanol–water partition coefficient (Wildman–Crippen LogP) is 5.95. The molecule has 2 aromatic carbocycles. The molecule has 0 spiro atoms. The van der Waals surface area contributed by atoms with Gasteiger partial charge >= 0.3 is 5.97 Å². The van der Waals surface area contributed by atoms with Crippen molar-refractivity contribution in [2.24, 2.45) is 22.4 Å². The van der Waals surface area contributed by atoms with E-state index in [2.05, 4.69) is 42.5 Å². The topological polar surface area (TPSA) is 65.0 Å². The molecule has 5 unspecified atom stereocenters. The summed E-state index contributed by atoms with van der Waals surface area (Å²) in [6.45, 7) is 2.27. The van der Waals surface area contributed by atoms with Gasteiger partial charge in [0.25, 0.3) is 0 Å². The summed E-state index contributed by atoms with van der Waals surface area (Å²) < 4.78 is 11.4. The summed E-state index contributed by atoms with van der Waals surface area (Å²) in [7, 11) is 1.72. The Labute approximate surface area is 182 Å². The Bertz CT molecular complexity index is 1040. The molecular formula is C26H27NO4. The van der Waals surface area contributed by atoms with Crippen LogP contribution >= 0.6 is 0 Å². The van der Waals surface area contributed by atoms with Gasteiger partial charge in [-0.05, 0) is 102 Å². The normalized spacial score (nSPS) is 30.6. The van der Waals surface area contributed by atoms with Gasteiger partial charge in [-0.2, -0.15) is 0 Å². The average molecular weight is 418 g/mol. The lowest BCUT2D eigenvalue weighted by atomic mass is 9.55. The summed E-state index contributed by atoms with van der Waals surface area (Å²) in [5, 5.41) is 2.88. The van der Waals surface area contributed by atoms with Crippen LogP contribution in [0.25, 0.3) is 0 Å². The third kappa shape index (κ3) is 3.27. The number of hydrogen-bond acceptors (Lipinski definition) is 5. The SMILES string of the molecule is COc1ccc2c(c1)CCC1C2CCC2(C)C(OC(=O)c3ccc(N=O)cc3)C=CC12. The van der Waals surface area contributed by atoms with Crippen molar-refractivity contribution in [1.82, 2.24) is 0 Å². The molecule has 3 aliphatic rings. The summed E-state index contributed by atoms with van der Waals surface area (Å²) in [5.41, 5.74) is 3.56. The molecule has 1 fully saturated rings. The molecule has 0 N–H and O–H groups in total. The summed E-state index contributed by atoms with van der Waals surface area (Å²) in [6, 6.07) is 12.8. The first-order chi connectivity index (χ1) is 15.0. The van der Waals surface area contributed by atoms with Crippen molar-refractivity contribution in [2.45, 2.75) is 44.6 Å². The van der Waals surface area contributed by atoms with E-state index in [9.17, 15) is 9.70 Å². The molecule has 5 nitrogen and oxygen atoms in total. The molecule has 1 saturated carbocycles. The summed E-state index contributed by atoms with van der Waals surface area (Å²) in [4.78, 5) is 23.4. The maximum Gasteiger partial charge on any atom is 0.338 e. The zero-order valence-electron chi connectivity index (χ0n) is 17.9. The van der Waals surface area contributed by atoms with Crippen LogP contribution in [0, 0.1) is 22.2 Å². The van der Waals surface area contributed by atoms with E-state index in [0.717, 1.165) is 31.4 Å². The molecule has 3 aliphatic carbocycles. The van der Waals surface area contributed by atoms with Gasteiger partial charge in [-0.1, -0.05) is 19.1 Å². The van der Waals surface area contributed by atoms with Crippen LogP contribution in [-0.4, -0.2) is 19.2 Å². The van der Waals surface area contributed by atoms with Crippen LogP contribution in [0.5, 0.6) is 5.75 Å². The van der Waals surface area contributed by atoms with Crippen molar-refractivity contribution in [3.05, 3.63) is 76.2 Å². The van der Waals surface area contributed by atoms with Crippen molar-refractivity contribution in [3.8, 4) is 5.75 Å². The Morgan fingerprint density at radius 3 is 2.65 bits per heavy atom. The van der Waals surface area contributed by atoms with Crippen molar-refractivity contribution in [3.63, 3.8) is 0 Å². The van der Waals surface area contributed by atoms with Crippen LogP contribution in [0.3, 0.4) is 0 Å². The molecule has 5 atom stereocenters. The maximum atomic E-state index is 12.7. The van der Waals surface area contributed by atoms with Gasteiger partial charge in [-0.25, -0.2) is 4.79 Å². The number of hydrogen-bond donors (Lipinski definition) is 0. The zero-order chi connectivity index (χ0) is 21.6. The van der Waals surface area contributed by atoms with E-state index in [1.54, 1.807) is 19.2 Å². The number of nitrogens with zero attached hydrogens (tertiary/aromatic N) is 1. The molecule has 0 aliphatic heterocycles. The number of carbonyl (C=O) groups excluding carboxylic acids is 1. The molecule has 0 radical (unpaired) electrons. The number of carbonyl (C=O) groups is 1. The standard InChI is InChI=1S/C26H27NO4/c1-26-14-13-21-20-10-8-19(30-2)15-17(20)5-9-22(21)23(26)11-12-24(26)31-25(28)16-3-6-18(27-29)7-4-16/h3-4,6-8,10-12,15,21-24H,5,9,13-14H2,1-2H3. The number of ether oxygens (including phenoxy) is 2. The molecule has 0 amide bonds. The highest BCUT2D eigenvalue weighted by atomic mass is 16.5. The molecule has 0 aromatic heterocycles. The van der Waals surface area contributed by atoms with Gasteiger partial charge in [0.15, 0.2) is 0 Å². The molecule has 31 heavy (non-hydrogen) atoms. The zero-order valence-corrected chi connectivity index (χ0v) is 17.9. The maximum absolute atomic E-state index is 12.7. The average Bonchev–Trinajstić information content (AvgIpc) is 3.14. The molecule has 160 valence electrons. The van der Waals surface area contributed by atoms with Gasteiger partial charge in [0, 0.05) is 5.41 Å². The second kappa shape index (κ2) is 7.63. The van der Waals surface area contributed by atoms with Crippen LogP contribution in [0.15, 0.2) is 59.8 Å². The summed E-state index contributed by atoms with van der Waals surface area (Å²) >= 11 is 0. The van der Waals surface area contributed by atoms with E-state index < -0.39 is 0 Å². The largest absolute Gasteiger partial charge is 0.497 e. The Hall–Kier alpha value is -2.95. The van der Waals surface area contributed by atoms with Crippen molar-refractivity contribution in [1.29, 1.82) is 0 Å². The van der Waals surface area contributed by atoms with Crippen LogP contribution in [-0.2, 0) is 11.2 Å². The molecule has 2 aromatic rings. The first-order valence-corrected chi connectivity index (χ1v) is 11.0. The molecule has 5 rings (SSSR count). The van der Waals surface area contributed by atoms with Crippen LogP contribution < -0.4 is 4.74 Å². The lowest BCUT2D eigenvalue weighted by Crippen LogP contribution is -2.45. The van der Waals surface area contributed by atoms with E-state index >= 15 is 0 Å². The number of allylic oxidation sites excluding steroid dienone is 1. The monoisotopic (exact) mass is 417 g/mol. The predicted molar refractivity (Wildman–Crippen MR) is 119 cm³/mol. The number of methoxy groups -OCH3 is 1. The highest BCUT2D eigenvalue weighted by molar-refractivity contribution is 5.90. The minimum atomic E-state index is -0.350. The first kappa shape index (κ1) is 20.0. The smallest absolute Gasteiger partial charge is 0.338 e. The summed E-state index contributed by atoms with van der Waals surface area (Å²) in [5.74, 6) is 2.11. The number of aryl methyl sites for hydroxylation is 1. The van der Waals surface area contributed by atoms with Gasteiger partial charge in [-0.3, -0.25) is 0 Å². The van der Waals surface area contributed by atoms with Gasteiger partial charge < -0.3 is 9.47 Å². The van der Waals surface area contributed by atoms with Gasteiger partial charge in [0.1, 0.15) is 17.5 Å². The highest BCUT2D eigenvalue weighted by Gasteiger charge is 2.54. The van der Waals surface area contributed by atoms with Crippen LogP contribution in [0.4, 0.5) is 5.69 Å². The third-order valence-corrected chi connectivity index (χ3v) is 7.82. The molecule has 0 bridgehead atoms. The van der Waals surface area contributed by atoms with E-state index in [0.29, 0.717) is 29.0 Å². The molecule has 0 saturated heterocycles. The number of rotatable bonds is 4. The van der Waals surface area contributed by atoms with Crippen LogP contribution in [0.2, 0.25) is 0 Å². The number of esters is 1. The molecular weight excluding hydrogens is 390 g/mol. The Morgan fingerprint density at radius 1 is 1.10 bits per heavy atom. The van der Waals surface area contributed by atoms with Crippen molar-refractivity contribution < 1.29 is 14.3 Å². The first-order valence-electron chi connectivity index (χ1n) is 11.0. The van der Waals surface area contributed by atoms with E-state index in [4.69, 9.17) is 9.47 Å². The number of fused-ring (bicyclic) bond motifs is 5. The van der Waals surface area contributed by atoms with Crippen molar-refractivity contribution in [2.75, 3.05) is 7.11 Å². The van der Waals surface area contributed by atoms with Gasteiger partial charge in [0.05, 0.1) is 12.7 Å². The van der Waals surface area contributed by atoms with Gasteiger partial charge in [-0.15, -0.1) is 4.91 Å². The second-order valence-electron chi connectivity index (χ2n) is 9.29. The Balaban J connectivity index is 1.34. The fourth-order valence-electron chi connectivity index (χ4n) is 6.11. The van der Waals surface area contributed by atoms with E-state index in [1.807, 2.05) is 0 Å². The fourth-order valence-corrected chi connectivity index (χ4v) is 6.11. The lowest BCUT2D eigenvalue weighted by Gasteiger charge is -2.50. The minimum Gasteiger partial charge on any atom is -0.497 e. The van der Waals surface area contributed by atoms with Gasteiger partial charge in [0.2, 0.25) is 0 Å². The fraction of sp³-hybridized carbons (Fsp3) is 0.423. The highest BCUT2D eigenvalue weighted by Crippen LogP contribution is 2.59. The number of nitroso groups, excluding NO2 is 1. The third-order valence-electron chi connectivity index (χ3n) is 7.82. The van der Waals surface area contributed by atoms with E-state index in [-0.39, 0.29) is 17.5 Å². The summed E-state index contributed by atoms with van der Waals surface area (Å²) in [6.07, 6.45) is 8.49. The molecule has 5 heteroatoms. The number of benzene rings is 2. The quantitative estimate of drug-likeness (QED) is 0.350. The molecule has 0 heterocycles. The lowest BCUT2D eigenvalue weighted by molar-refractivity contribution is -0.0328.